The van der Waals surface area contributed by atoms with E-state index in [0.29, 0.717) is 13.1 Å². The second-order valence-corrected chi connectivity index (χ2v) is 4.85. The van der Waals surface area contributed by atoms with Crippen molar-refractivity contribution in [3.8, 4) is 0 Å². The van der Waals surface area contributed by atoms with E-state index in [0.717, 1.165) is 22.9 Å². The summed E-state index contributed by atoms with van der Waals surface area (Å²) in [6.07, 6.45) is 1.52. The van der Waals surface area contributed by atoms with Crippen LogP contribution in [0.3, 0.4) is 0 Å². The standard InChI is InChI=1S/C16H21N5O/c1-4-21(5-2)16(22)20-14-8-6-13(7-9-14)19-15-10-12(3)17-11-18-15/h6-11H,4-5H2,1-3H3,(H,20,22)(H,17,18,19). The van der Waals surface area contributed by atoms with Gasteiger partial charge in [0, 0.05) is 36.2 Å². The van der Waals surface area contributed by atoms with Crippen LogP contribution in [-0.4, -0.2) is 34.0 Å². The van der Waals surface area contributed by atoms with Gasteiger partial charge in [0.15, 0.2) is 0 Å². The maximum atomic E-state index is 12.0. The van der Waals surface area contributed by atoms with E-state index in [1.807, 2.05) is 51.1 Å². The third-order valence-corrected chi connectivity index (χ3v) is 3.26. The summed E-state index contributed by atoms with van der Waals surface area (Å²) in [4.78, 5) is 21.9. The number of aromatic nitrogens is 2. The summed E-state index contributed by atoms with van der Waals surface area (Å²) < 4.78 is 0. The van der Waals surface area contributed by atoms with E-state index in [1.165, 1.54) is 6.33 Å². The zero-order valence-corrected chi connectivity index (χ0v) is 13.1. The van der Waals surface area contributed by atoms with Gasteiger partial charge in [-0.3, -0.25) is 0 Å². The number of urea groups is 1. The smallest absolute Gasteiger partial charge is 0.321 e. The number of anilines is 3. The lowest BCUT2D eigenvalue weighted by Gasteiger charge is -2.19. The normalized spacial score (nSPS) is 10.1. The molecule has 116 valence electrons. The number of hydrogen-bond donors (Lipinski definition) is 2. The average molecular weight is 299 g/mol. The Hall–Kier alpha value is -2.63. The zero-order chi connectivity index (χ0) is 15.9. The first-order valence-corrected chi connectivity index (χ1v) is 7.34. The van der Waals surface area contributed by atoms with Gasteiger partial charge in [0.2, 0.25) is 0 Å². The Morgan fingerprint density at radius 3 is 2.32 bits per heavy atom. The van der Waals surface area contributed by atoms with E-state index in [4.69, 9.17) is 0 Å². The van der Waals surface area contributed by atoms with E-state index < -0.39 is 0 Å². The second kappa shape index (κ2) is 7.40. The molecule has 0 aliphatic heterocycles. The molecule has 0 aliphatic carbocycles. The lowest BCUT2D eigenvalue weighted by molar-refractivity contribution is 0.217. The molecule has 0 bridgehead atoms. The van der Waals surface area contributed by atoms with Crippen LogP contribution in [0.2, 0.25) is 0 Å². The molecule has 1 aromatic carbocycles. The summed E-state index contributed by atoms with van der Waals surface area (Å²) in [6.45, 7) is 7.21. The molecule has 2 rings (SSSR count). The highest BCUT2D eigenvalue weighted by Gasteiger charge is 2.08. The molecule has 2 amide bonds. The predicted molar refractivity (Wildman–Crippen MR) is 88.4 cm³/mol. The number of benzene rings is 1. The maximum Gasteiger partial charge on any atom is 0.321 e. The molecule has 6 nitrogen and oxygen atoms in total. The summed E-state index contributed by atoms with van der Waals surface area (Å²) in [6, 6.07) is 9.30. The summed E-state index contributed by atoms with van der Waals surface area (Å²) >= 11 is 0. The van der Waals surface area contributed by atoms with Gasteiger partial charge in [-0.1, -0.05) is 0 Å². The molecule has 1 aromatic heterocycles. The minimum absolute atomic E-state index is 0.0860. The van der Waals surface area contributed by atoms with Crippen molar-refractivity contribution in [3.05, 3.63) is 42.4 Å². The third kappa shape index (κ3) is 4.18. The van der Waals surface area contributed by atoms with Crippen molar-refractivity contribution in [1.29, 1.82) is 0 Å². The van der Waals surface area contributed by atoms with E-state index in [2.05, 4.69) is 20.6 Å². The first-order chi connectivity index (χ1) is 10.6. The Bertz CT molecular complexity index is 623. The Balaban J connectivity index is 2.00. The lowest BCUT2D eigenvalue weighted by atomic mass is 10.2. The number of hydrogen-bond acceptors (Lipinski definition) is 4. The van der Waals surface area contributed by atoms with E-state index >= 15 is 0 Å². The molecule has 0 radical (unpaired) electrons. The van der Waals surface area contributed by atoms with Crippen LogP contribution < -0.4 is 10.6 Å². The molecule has 2 aromatic rings. The molecule has 1 heterocycles. The second-order valence-electron chi connectivity index (χ2n) is 4.85. The first kappa shape index (κ1) is 15.8. The van der Waals surface area contributed by atoms with Gasteiger partial charge < -0.3 is 15.5 Å². The number of aryl methyl sites for hydroxylation is 1. The van der Waals surface area contributed by atoms with Crippen molar-refractivity contribution < 1.29 is 4.79 Å². The molecule has 0 spiro atoms. The van der Waals surface area contributed by atoms with Crippen molar-refractivity contribution in [3.63, 3.8) is 0 Å². The highest BCUT2D eigenvalue weighted by Crippen LogP contribution is 2.18. The van der Waals surface area contributed by atoms with Crippen molar-refractivity contribution in [2.45, 2.75) is 20.8 Å². The topological polar surface area (TPSA) is 70.2 Å². The van der Waals surface area contributed by atoms with Crippen LogP contribution in [0.15, 0.2) is 36.7 Å². The third-order valence-electron chi connectivity index (χ3n) is 3.26. The summed E-state index contributed by atoms with van der Waals surface area (Å²) in [5, 5.41) is 6.07. The monoisotopic (exact) mass is 299 g/mol. The summed E-state index contributed by atoms with van der Waals surface area (Å²) in [7, 11) is 0. The Morgan fingerprint density at radius 2 is 1.73 bits per heavy atom. The number of carbonyl (C=O) groups excluding carboxylic acids is 1. The Labute approximate surface area is 130 Å². The van der Waals surface area contributed by atoms with Gasteiger partial charge in [-0.15, -0.1) is 0 Å². The van der Waals surface area contributed by atoms with Crippen LogP contribution >= 0.6 is 0 Å². The molecular weight excluding hydrogens is 278 g/mol. The van der Waals surface area contributed by atoms with Gasteiger partial charge in [0.25, 0.3) is 0 Å². The van der Waals surface area contributed by atoms with E-state index in [9.17, 15) is 4.79 Å². The zero-order valence-electron chi connectivity index (χ0n) is 13.1. The average Bonchev–Trinajstić information content (AvgIpc) is 2.50. The number of rotatable bonds is 5. The molecule has 0 atom stereocenters. The van der Waals surface area contributed by atoms with Gasteiger partial charge in [-0.2, -0.15) is 0 Å². The first-order valence-electron chi connectivity index (χ1n) is 7.34. The molecule has 0 fully saturated rings. The molecule has 2 N–H and O–H groups in total. The van der Waals surface area contributed by atoms with Crippen LogP contribution in [0.25, 0.3) is 0 Å². The molecule has 0 saturated heterocycles. The van der Waals surface area contributed by atoms with Crippen LogP contribution in [0, 0.1) is 6.92 Å². The number of carbonyl (C=O) groups is 1. The van der Waals surface area contributed by atoms with E-state index in [1.54, 1.807) is 4.90 Å². The van der Waals surface area contributed by atoms with Crippen LogP contribution in [0.4, 0.5) is 22.0 Å². The van der Waals surface area contributed by atoms with Gasteiger partial charge >= 0.3 is 6.03 Å². The molecule has 0 aliphatic rings. The maximum absolute atomic E-state index is 12.0. The predicted octanol–water partition coefficient (Wildman–Crippen LogP) is 3.40. The number of amides is 2. The van der Waals surface area contributed by atoms with Gasteiger partial charge in [0.05, 0.1) is 0 Å². The van der Waals surface area contributed by atoms with Crippen molar-refractivity contribution in [2.75, 3.05) is 23.7 Å². The summed E-state index contributed by atoms with van der Waals surface area (Å²) in [5.41, 5.74) is 2.57. The van der Waals surface area contributed by atoms with Crippen molar-refractivity contribution in [1.82, 2.24) is 14.9 Å². The van der Waals surface area contributed by atoms with E-state index in [-0.39, 0.29) is 6.03 Å². The number of nitrogens with one attached hydrogen (secondary N) is 2. The van der Waals surface area contributed by atoms with Gasteiger partial charge in [0.1, 0.15) is 12.1 Å². The fourth-order valence-corrected chi connectivity index (χ4v) is 2.02. The lowest BCUT2D eigenvalue weighted by Crippen LogP contribution is -2.34. The highest BCUT2D eigenvalue weighted by molar-refractivity contribution is 5.89. The molecule has 0 unspecified atom stereocenters. The Kier molecular flexibility index (Phi) is 5.30. The van der Waals surface area contributed by atoms with Gasteiger partial charge in [-0.25, -0.2) is 14.8 Å². The van der Waals surface area contributed by atoms with Crippen LogP contribution in [0.1, 0.15) is 19.5 Å². The minimum Gasteiger partial charge on any atom is -0.340 e. The number of nitrogens with zero attached hydrogens (tertiary/aromatic N) is 3. The minimum atomic E-state index is -0.0860. The van der Waals surface area contributed by atoms with Crippen LogP contribution in [0.5, 0.6) is 0 Å². The Morgan fingerprint density at radius 1 is 1.09 bits per heavy atom. The van der Waals surface area contributed by atoms with Crippen molar-refractivity contribution in [2.24, 2.45) is 0 Å². The largest absolute Gasteiger partial charge is 0.340 e. The SMILES string of the molecule is CCN(CC)C(=O)Nc1ccc(Nc2cc(C)ncn2)cc1. The van der Waals surface area contributed by atoms with Crippen LogP contribution in [-0.2, 0) is 0 Å². The highest BCUT2D eigenvalue weighted by atomic mass is 16.2. The summed E-state index contributed by atoms with van der Waals surface area (Å²) in [5.74, 6) is 0.743. The van der Waals surface area contributed by atoms with Crippen molar-refractivity contribution >= 4 is 23.2 Å². The molecular formula is C16H21N5O. The molecule has 0 saturated carbocycles. The molecule has 22 heavy (non-hydrogen) atoms. The fourth-order valence-electron chi connectivity index (χ4n) is 2.02. The quantitative estimate of drug-likeness (QED) is 0.887. The van der Waals surface area contributed by atoms with Gasteiger partial charge in [-0.05, 0) is 45.0 Å². The molecule has 6 heteroatoms. The fraction of sp³-hybridized carbons (Fsp3) is 0.312.